The van der Waals surface area contributed by atoms with Gasteiger partial charge in [0.1, 0.15) is 5.82 Å². The molecule has 8 heteroatoms. The number of halogens is 3. The molecule has 0 amide bonds. The van der Waals surface area contributed by atoms with Crippen molar-refractivity contribution >= 4 is 11.0 Å². The van der Waals surface area contributed by atoms with Crippen LogP contribution in [0.3, 0.4) is 0 Å². The lowest BCUT2D eigenvalue weighted by molar-refractivity contribution is -0.325. The number of aromatic nitrogens is 3. The molecule has 0 fully saturated rings. The van der Waals surface area contributed by atoms with Crippen LogP contribution in [-0.4, -0.2) is 27.1 Å². The van der Waals surface area contributed by atoms with Crippen LogP contribution in [0, 0.1) is 13.8 Å². The van der Waals surface area contributed by atoms with Crippen molar-refractivity contribution in [3.05, 3.63) is 52.2 Å². The largest absolute Gasteiger partial charge is 0.522 e. The van der Waals surface area contributed by atoms with Gasteiger partial charge in [0.05, 0.1) is 17.6 Å². The van der Waals surface area contributed by atoms with Gasteiger partial charge in [-0.15, -0.1) is 13.2 Å². The van der Waals surface area contributed by atoms with Crippen molar-refractivity contribution < 1.29 is 17.9 Å². The summed E-state index contributed by atoms with van der Waals surface area (Å²) in [6, 6.07) is 7.36. The summed E-state index contributed by atoms with van der Waals surface area (Å²) < 4.78 is 43.7. The highest BCUT2D eigenvalue weighted by Gasteiger charge is 2.28. The Kier molecular flexibility index (Phi) is 4.62. The molecule has 3 rings (SSSR count). The lowest BCUT2D eigenvalue weighted by atomic mass is 10.1. The molecular formula is C18H18F3N3O2. The molecule has 2 aromatic heterocycles. The quantitative estimate of drug-likeness (QED) is 0.710. The first-order valence-corrected chi connectivity index (χ1v) is 8.01. The van der Waals surface area contributed by atoms with E-state index in [1.165, 1.54) is 4.57 Å². The minimum atomic E-state index is -4.65. The second kappa shape index (κ2) is 6.60. The monoisotopic (exact) mass is 365 g/mol. The lowest BCUT2D eigenvalue weighted by Crippen LogP contribution is -2.18. The zero-order valence-electron chi connectivity index (χ0n) is 14.6. The van der Waals surface area contributed by atoms with Crippen LogP contribution < -0.4 is 5.56 Å². The van der Waals surface area contributed by atoms with E-state index in [9.17, 15) is 18.0 Å². The van der Waals surface area contributed by atoms with Crippen LogP contribution in [0.1, 0.15) is 11.4 Å². The number of fused-ring (bicyclic) bond motifs is 1. The Hall–Kier alpha value is -2.61. The van der Waals surface area contributed by atoms with Crippen molar-refractivity contribution in [2.45, 2.75) is 26.8 Å². The van der Waals surface area contributed by atoms with E-state index in [-0.39, 0.29) is 12.1 Å². The molecule has 1 aromatic carbocycles. The van der Waals surface area contributed by atoms with Gasteiger partial charge < -0.3 is 9.13 Å². The number of ether oxygens (including phenoxy) is 1. The van der Waals surface area contributed by atoms with Crippen molar-refractivity contribution in [3.63, 3.8) is 0 Å². The smallest absolute Gasteiger partial charge is 0.326 e. The Labute approximate surface area is 147 Å². The second-order valence-corrected chi connectivity index (χ2v) is 6.14. The van der Waals surface area contributed by atoms with Crippen LogP contribution in [-0.2, 0) is 18.3 Å². The first-order chi connectivity index (χ1) is 12.2. The first-order valence-electron chi connectivity index (χ1n) is 8.01. The van der Waals surface area contributed by atoms with Gasteiger partial charge in [0.25, 0.3) is 5.56 Å². The van der Waals surface area contributed by atoms with Gasteiger partial charge in [0.15, 0.2) is 0 Å². The second-order valence-electron chi connectivity index (χ2n) is 6.14. The third-order valence-electron chi connectivity index (χ3n) is 4.22. The van der Waals surface area contributed by atoms with E-state index in [4.69, 9.17) is 0 Å². The average molecular weight is 365 g/mol. The predicted molar refractivity (Wildman–Crippen MR) is 91.9 cm³/mol. The number of alkyl halides is 3. The molecule has 5 nitrogen and oxygen atoms in total. The van der Waals surface area contributed by atoms with Crippen LogP contribution >= 0.6 is 0 Å². The molecule has 2 heterocycles. The predicted octanol–water partition coefficient (Wildman–Crippen LogP) is 3.56. The van der Waals surface area contributed by atoms with Crippen LogP contribution in [0.15, 0.2) is 35.3 Å². The van der Waals surface area contributed by atoms with Crippen LogP contribution in [0.25, 0.3) is 22.2 Å². The highest BCUT2D eigenvalue weighted by Crippen LogP contribution is 2.25. The number of pyridine rings is 1. The summed E-state index contributed by atoms with van der Waals surface area (Å²) in [5.74, 6) is 0.611. The Morgan fingerprint density at radius 3 is 2.54 bits per heavy atom. The van der Waals surface area contributed by atoms with E-state index in [1.807, 2.05) is 18.2 Å². The summed E-state index contributed by atoms with van der Waals surface area (Å²) in [6.45, 7) is 3.04. The maximum absolute atomic E-state index is 12.2. The van der Waals surface area contributed by atoms with Gasteiger partial charge in [-0.25, -0.2) is 4.98 Å². The molecule has 0 aliphatic heterocycles. The number of nitrogens with zero attached hydrogens (tertiary/aromatic N) is 3. The number of benzene rings is 1. The molecule has 0 atom stereocenters. The highest BCUT2D eigenvalue weighted by molar-refractivity contribution is 5.82. The molecule has 0 radical (unpaired) electrons. The SMILES string of the molecule is Cc1cc(-c2ccc3nc(C)n(CCOC(F)(F)F)c3c2)cn(C)c1=O. The normalized spacial score (nSPS) is 12.1. The maximum atomic E-state index is 12.2. The van der Waals surface area contributed by atoms with Crippen LogP contribution in [0.5, 0.6) is 0 Å². The van der Waals surface area contributed by atoms with Crippen LogP contribution in [0.2, 0.25) is 0 Å². The van der Waals surface area contributed by atoms with E-state index in [2.05, 4.69) is 9.72 Å². The molecule has 0 bridgehead atoms. The van der Waals surface area contributed by atoms with E-state index in [0.717, 1.165) is 16.6 Å². The Morgan fingerprint density at radius 2 is 1.88 bits per heavy atom. The molecule has 0 saturated heterocycles. The van der Waals surface area contributed by atoms with Crippen molar-refractivity contribution in [2.24, 2.45) is 7.05 Å². The summed E-state index contributed by atoms with van der Waals surface area (Å²) >= 11 is 0. The topological polar surface area (TPSA) is 49.0 Å². The Bertz CT molecular complexity index is 993. The zero-order valence-corrected chi connectivity index (χ0v) is 14.6. The van der Waals surface area contributed by atoms with E-state index in [1.54, 1.807) is 37.7 Å². The molecule has 138 valence electrons. The third-order valence-corrected chi connectivity index (χ3v) is 4.22. The summed E-state index contributed by atoms with van der Waals surface area (Å²) in [6.07, 6.45) is -2.92. The van der Waals surface area contributed by atoms with Gasteiger partial charge in [-0.2, -0.15) is 0 Å². The summed E-state index contributed by atoms with van der Waals surface area (Å²) in [4.78, 5) is 16.2. The average Bonchev–Trinajstić information content (AvgIpc) is 2.86. The number of imidazole rings is 1. The zero-order chi connectivity index (χ0) is 19.1. The number of aryl methyl sites for hydroxylation is 3. The van der Waals surface area contributed by atoms with Crippen LogP contribution in [0.4, 0.5) is 13.2 Å². The molecule has 0 spiro atoms. The molecule has 0 aliphatic rings. The molecule has 26 heavy (non-hydrogen) atoms. The fourth-order valence-corrected chi connectivity index (χ4v) is 2.99. The first kappa shape index (κ1) is 18.2. The Balaban J connectivity index is 2.00. The van der Waals surface area contributed by atoms with Gasteiger partial charge in [0.2, 0.25) is 0 Å². The highest BCUT2D eigenvalue weighted by atomic mass is 19.4. The third kappa shape index (κ3) is 3.65. The molecule has 0 aliphatic carbocycles. The summed E-state index contributed by atoms with van der Waals surface area (Å²) in [5.41, 5.74) is 3.67. The lowest BCUT2D eigenvalue weighted by Gasteiger charge is -2.11. The van der Waals surface area contributed by atoms with Crippen molar-refractivity contribution in [2.75, 3.05) is 6.61 Å². The number of rotatable bonds is 4. The summed E-state index contributed by atoms with van der Waals surface area (Å²) in [5, 5.41) is 0. The molecule has 0 saturated carbocycles. The maximum Gasteiger partial charge on any atom is 0.522 e. The molecule has 0 unspecified atom stereocenters. The molecule has 0 N–H and O–H groups in total. The van der Waals surface area contributed by atoms with Gasteiger partial charge in [-0.1, -0.05) is 6.07 Å². The van der Waals surface area contributed by atoms with Crippen molar-refractivity contribution in [1.82, 2.24) is 14.1 Å². The Morgan fingerprint density at radius 1 is 1.15 bits per heavy atom. The fraction of sp³-hybridized carbons (Fsp3) is 0.333. The van der Waals surface area contributed by atoms with Crippen molar-refractivity contribution in [1.29, 1.82) is 0 Å². The molecule has 3 aromatic rings. The fourth-order valence-electron chi connectivity index (χ4n) is 2.99. The standard InChI is InChI=1S/C18H18F3N3O2/c1-11-8-14(10-23(3)17(11)25)13-4-5-15-16(9-13)24(12(2)22-15)6-7-26-18(19,20)21/h4-5,8-10H,6-7H2,1-3H3. The van der Waals surface area contributed by atoms with E-state index >= 15 is 0 Å². The number of hydrogen-bond acceptors (Lipinski definition) is 3. The minimum absolute atomic E-state index is 0.0393. The van der Waals surface area contributed by atoms with Crippen molar-refractivity contribution in [3.8, 4) is 11.1 Å². The van der Waals surface area contributed by atoms with Gasteiger partial charge in [-0.05, 0) is 43.2 Å². The van der Waals surface area contributed by atoms with Gasteiger partial charge in [0, 0.05) is 25.4 Å². The summed E-state index contributed by atoms with van der Waals surface area (Å²) in [7, 11) is 1.68. The van der Waals surface area contributed by atoms with Gasteiger partial charge >= 0.3 is 6.36 Å². The minimum Gasteiger partial charge on any atom is -0.326 e. The van der Waals surface area contributed by atoms with E-state index in [0.29, 0.717) is 16.9 Å². The van der Waals surface area contributed by atoms with Gasteiger partial charge in [-0.3, -0.25) is 9.53 Å². The molecular weight excluding hydrogens is 347 g/mol. The number of hydrogen-bond donors (Lipinski definition) is 0. The van der Waals surface area contributed by atoms with E-state index < -0.39 is 13.0 Å².